The van der Waals surface area contributed by atoms with E-state index in [0.717, 1.165) is 50.1 Å². The lowest BCUT2D eigenvalue weighted by Gasteiger charge is -2.40. The van der Waals surface area contributed by atoms with Gasteiger partial charge >= 0.3 is 0 Å². The fraction of sp³-hybridized carbons (Fsp3) is 0.464. The van der Waals surface area contributed by atoms with Gasteiger partial charge in [0.05, 0.1) is 4.88 Å². The standard InChI is InChI=1S/C28H34N4O2S/c1-30(26(33)19-32-15-7-14-29-32)25(18-21-8-3-2-4-9-21)22-12-16-31(17-13-22)28(34)27-24-11-6-5-10-23(24)20-35-27/h2-4,7-9,14-15,20,22,25H,5-6,10-13,16-19H2,1H3/t25-/m1/s1. The van der Waals surface area contributed by atoms with Crippen molar-refractivity contribution in [2.24, 2.45) is 5.92 Å². The molecule has 5 rings (SSSR count). The topological polar surface area (TPSA) is 58.4 Å². The molecule has 1 aliphatic carbocycles. The van der Waals surface area contributed by atoms with Crippen molar-refractivity contribution in [3.05, 3.63) is 75.7 Å². The molecule has 0 bridgehead atoms. The Labute approximate surface area is 211 Å². The van der Waals surface area contributed by atoms with Crippen LogP contribution in [-0.2, 0) is 30.6 Å². The molecule has 0 radical (unpaired) electrons. The van der Waals surface area contributed by atoms with Crippen LogP contribution in [0.15, 0.2) is 54.2 Å². The largest absolute Gasteiger partial charge is 0.341 e. The molecule has 3 aromatic rings. The number of carbonyl (C=O) groups is 2. The number of nitrogens with zero attached hydrogens (tertiary/aromatic N) is 4. The Hall–Kier alpha value is -2.93. The lowest BCUT2D eigenvalue weighted by atomic mass is 9.84. The smallest absolute Gasteiger partial charge is 0.264 e. The van der Waals surface area contributed by atoms with Crippen molar-refractivity contribution < 1.29 is 9.59 Å². The van der Waals surface area contributed by atoms with Crippen LogP contribution in [0.1, 0.15) is 52.0 Å². The second-order valence-corrected chi connectivity index (χ2v) is 10.8. The lowest BCUT2D eigenvalue weighted by molar-refractivity contribution is -0.134. The molecule has 2 aromatic heterocycles. The van der Waals surface area contributed by atoms with E-state index in [1.807, 2.05) is 35.2 Å². The molecule has 1 aromatic carbocycles. The Morgan fingerprint density at radius 3 is 2.63 bits per heavy atom. The summed E-state index contributed by atoms with van der Waals surface area (Å²) in [5.74, 6) is 0.626. The van der Waals surface area contributed by atoms with Gasteiger partial charge in [0.2, 0.25) is 5.91 Å². The van der Waals surface area contributed by atoms with Crippen molar-refractivity contribution in [3.63, 3.8) is 0 Å². The van der Waals surface area contributed by atoms with E-state index < -0.39 is 0 Å². The molecule has 0 spiro atoms. The molecule has 0 N–H and O–H groups in total. The maximum Gasteiger partial charge on any atom is 0.264 e. The average Bonchev–Trinajstić information content (AvgIpc) is 3.57. The number of aryl methyl sites for hydroxylation is 1. The van der Waals surface area contributed by atoms with Gasteiger partial charge in [0.15, 0.2) is 0 Å². The summed E-state index contributed by atoms with van der Waals surface area (Å²) < 4.78 is 1.68. The number of thiophene rings is 1. The van der Waals surface area contributed by atoms with Crippen LogP contribution >= 0.6 is 11.3 Å². The summed E-state index contributed by atoms with van der Waals surface area (Å²) in [4.78, 5) is 31.5. The molecule has 1 fully saturated rings. The summed E-state index contributed by atoms with van der Waals surface area (Å²) in [6.45, 7) is 1.75. The molecule has 7 heteroatoms. The van der Waals surface area contributed by atoms with Crippen LogP contribution in [0.2, 0.25) is 0 Å². The third kappa shape index (κ3) is 5.35. The number of likely N-dealkylation sites (N-methyl/N-ethyl adjacent to an activating group) is 1. The first-order valence-electron chi connectivity index (χ1n) is 12.8. The van der Waals surface area contributed by atoms with Gasteiger partial charge in [0.1, 0.15) is 6.54 Å². The van der Waals surface area contributed by atoms with Crippen LogP contribution < -0.4 is 0 Å². The molecule has 3 heterocycles. The molecule has 0 saturated carbocycles. The van der Waals surface area contributed by atoms with Gasteiger partial charge in [0.25, 0.3) is 5.91 Å². The van der Waals surface area contributed by atoms with Gasteiger partial charge in [-0.25, -0.2) is 0 Å². The Morgan fingerprint density at radius 1 is 1.11 bits per heavy atom. The number of hydrogen-bond donors (Lipinski definition) is 0. The van der Waals surface area contributed by atoms with Gasteiger partial charge in [-0.15, -0.1) is 11.3 Å². The fourth-order valence-electron chi connectivity index (χ4n) is 5.63. The van der Waals surface area contributed by atoms with Crippen molar-refractivity contribution in [2.75, 3.05) is 20.1 Å². The maximum absolute atomic E-state index is 13.4. The van der Waals surface area contributed by atoms with E-state index in [9.17, 15) is 9.59 Å². The summed E-state index contributed by atoms with van der Waals surface area (Å²) in [5, 5.41) is 6.40. The molecule has 2 aliphatic rings. The molecule has 1 atom stereocenters. The molecule has 0 unspecified atom stereocenters. The van der Waals surface area contributed by atoms with E-state index >= 15 is 0 Å². The summed E-state index contributed by atoms with van der Waals surface area (Å²) in [6.07, 6.45) is 10.7. The third-order valence-corrected chi connectivity index (χ3v) is 8.76. The number of amides is 2. The number of hydrogen-bond acceptors (Lipinski definition) is 4. The van der Waals surface area contributed by atoms with E-state index in [2.05, 4.69) is 34.7 Å². The number of piperidine rings is 1. The normalized spacial score (nSPS) is 17.1. The highest BCUT2D eigenvalue weighted by molar-refractivity contribution is 7.12. The lowest BCUT2D eigenvalue weighted by Crippen LogP contribution is -2.49. The van der Waals surface area contributed by atoms with Crippen molar-refractivity contribution >= 4 is 23.2 Å². The van der Waals surface area contributed by atoms with Crippen molar-refractivity contribution in [1.82, 2.24) is 19.6 Å². The minimum atomic E-state index is 0.0679. The Kier molecular flexibility index (Phi) is 7.32. The van der Waals surface area contributed by atoms with E-state index in [-0.39, 0.29) is 24.4 Å². The molecular formula is C28H34N4O2S. The van der Waals surface area contributed by atoms with Crippen LogP contribution in [-0.4, -0.2) is 57.6 Å². The molecular weight excluding hydrogens is 456 g/mol. The highest BCUT2D eigenvalue weighted by Gasteiger charge is 2.34. The molecule has 1 aliphatic heterocycles. The van der Waals surface area contributed by atoms with Gasteiger partial charge in [-0.05, 0) is 79.0 Å². The Bertz CT molecular complexity index is 1130. The number of carbonyl (C=O) groups excluding carboxylic acids is 2. The van der Waals surface area contributed by atoms with Crippen LogP contribution in [0, 0.1) is 5.92 Å². The zero-order chi connectivity index (χ0) is 24.2. The molecule has 1 saturated heterocycles. The summed E-state index contributed by atoms with van der Waals surface area (Å²) in [6, 6.07) is 12.3. The van der Waals surface area contributed by atoms with Crippen molar-refractivity contribution in [1.29, 1.82) is 0 Å². The molecule has 6 nitrogen and oxygen atoms in total. The van der Waals surface area contributed by atoms with E-state index in [4.69, 9.17) is 0 Å². The highest BCUT2D eigenvalue weighted by Crippen LogP contribution is 2.33. The number of fused-ring (bicyclic) bond motifs is 1. The van der Waals surface area contributed by atoms with Crippen LogP contribution in [0.4, 0.5) is 0 Å². The first-order chi connectivity index (χ1) is 17.1. The zero-order valence-corrected chi connectivity index (χ0v) is 21.3. The fourth-order valence-corrected chi connectivity index (χ4v) is 6.76. The first-order valence-corrected chi connectivity index (χ1v) is 13.6. The average molecular weight is 491 g/mol. The summed E-state index contributed by atoms with van der Waals surface area (Å²) in [5.41, 5.74) is 3.93. The van der Waals surface area contributed by atoms with Gasteiger partial charge in [-0.3, -0.25) is 14.3 Å². The molecule has 184 valence electrons. The van der Waals surface area contributed by atoms with Gasteiger partial charge in [-0.1, -0.05) is 30.3 Å². The summed E-state index contributed by atoms with van der Waals surface area (Å²) >= 11 is 1.63. The van der Waals surface area contributed by atoms with Crippen molar-refractivity contribution in [2.45, 2.75) is 57.5 Å². The van der Waals surface area contributed by atoms with Crippen LogP contribution in [0.3, 0.4) is 0 Å². The van der Waals surface area contributed by atoms with E-state index in [1.54, 1.807) is 22.2 Å². The highest BCUT2D eigenvalue weighted by atomic mass is 32.1. The first kappa shape index (κ1) is 23.8. The second kappa shape index (κ2) is 10.8. The zero-order valence-electron chi connectivity index (χ0n) is 20.4. The Morgan fingerprint density at radius 2 is 1.89 bits per heavy atom. The predicted molar refractivity (Wildman–Crippen MR) is 139 cm³/mol. The minimum absolute atomic E-state index is 0.0679. The molecule has 2 amide bonds. The van der Waals surface area contributed by atoms with E-state index in [0.29, 0.717) is 5.92 Å². The number of rotatable bonds is 7. The quantitative estimate of drug-likeness (QED) is 0.492. The third-order valence-electron chi connectivity index (χ3n) is 7.70. The minimum Gasteiger partial charge on any atom is -0.341 e. The van der Waals surface area contributed by atoms with Crippen LogP contribution in [0.5, 0.6) is 0 Å². The molecule has 35 heavy (non-hydrogen) atoms. The summed E-state index contributed by atoms with van der Waals surface area (Å²) in [7, 11) is 1.93. The predicted octanol–water partition coefficient (Wildman–Crippen LogP) is 4.45. The van der Waals surface area contributed by atoms with Gasteiger partial charge in [-0.2, -0.15) is 5.10 Å². The van der Waals surface area contributed by atoms with Gasteiger partial charge < -0.3 is 9.80 Å². The van der Waals surface area contributed by atoms with Crippen molar-refractivity contribution in [3.8, 4) is 0 Å². The Balaban J connectivity index is 1.27. The number of aromatic nitrogens is 2. The van der Waals surface area contributed by atoms with Gasteiger partial charge in [0, 0.05) is 38.6 Å². The maximum atomic E-state index is 13.4. The van der Waals surface area contributed by atoms with Crippen LogP contribution in [0.25, 0.3) is 0 Å². The van der Waals surface area contributed by atoms with E-state index in [1.165, 1.54) is 29.5 Å². The monoisotopic (exact) mass is 490 g/mol. The SMILES string of the molecule is CN(C(=O)Cn1cccn1)[C@H](Cc1ccccc1)C1CCN(C(=O)c2scc3c2CCCC3)CC1. The number of benzene rings is 1. The number of likely N-dealkylation sites (tertiary alicyclic amines) is 1. The second-order valence-electron chi connectivity index (χ2n) is 9.87.